The second kappa shape index (κ2) is 7.58. The number of benzene rings is 2. The van der Waals surface area contributed by atoms with Crippen LogP contribution in [0.25, 0.3) is 0 Å². The van der Waals surface area contributed by atoms with E-state index in [1.165, 1.54) is 12.1 Å². The number of carbonyl (C=O) groups excluding carboxylic acids is 1. The van der Waals surface area contributed by atoms with Gasteiger partial charge in [0.25, 0.3) is 0 Å². The lowest BCUT2D eigenvalue weighted by atomic mass is 9.97. The molecule has 0 spiro atoms. The van der Waals surface area contributed by atoms with Gasteiger partial charge in [-0.25, -0.2) is 4.39 Å². The van der Waals surface area contributed by atoms with Crippen LogP contribution in [0.4, 0.5) is 4.39 Å². The van der Waals surface area contributed by atoms with E-state index in [0.717, 1.165) is 11.1 Å². The van der Waals surface area contributed by atoms with Crippen molar-refractivity contribution < 1.29 is 9.18 Å². The first-order chi connectivity index (χ1) is 10.1. The van der Waals surface area contributed by atoms with Crippen molar-refractivity contribution >= 4 is 5.91 Å². The molecule has 2 nitrogen and oxygen atoms in total. The molecule has 21 heavy (non-hydrogen) atoms. The molecule has 1 amide bonds. The molecule has 0 unspecified atom stereocenters. The van der Waals surface area contributed by atoms with Crippen molar-refractivity contribution in [2.75, 3.05) is 6.54 Å². The molecule has 3 heteroatoms. The molecule has 2 aromatic carbocycles. The maximum absolute atomic E-state index is 13.0. The van der Waals surface area contributed by atoms with Gasteiger partial charge < -0.3 is 5.32 Å². The van der Waals surface area contributed by atoms with Crippen LogP contribution < -0.4 is 5.32 Å². The summed E-state index contributed by atoms with van der Waals surface area (Å²) in [6.07, 6.45) is 1.11. The van der Waals surface area contributed by atoms with Crippen molar-refractivity contribution in [1.82, 2.24) is 5.32 Å². The highest BCUT2D eigenvalue weighted by atomic mass is 19.1. The van der Waals surface area contributed by atoms with Gasteiger partial charge >= 0.3 is 0 Å². The highest BCUT2D eigenvalue weighted by Crippen LogP contribution is 2.17. The van der Waals surface area contributed by atoms with Crippen molar-refractivity contribution in [2.45, 2.75) is 25.7 Å². The zero-order valence-electron chi connectivity index (χ0n) is 12.2. The van der Waals surface area contributed by atoms with Crippen LogP contribution in [0.2, 0.25) is 0 Å². The van der Waals surface area contributed by atoms with Crippen molar-refractivity contribution in [2.24, 2.45) is 0 Å². The van der Waals surface area contributed by atoms with E-state index < -0.39 is 0 Å². The summed E-state index contributed by atoms with van der Waals surface area (Å²) < 4.78 is 13.0. The fourth-order valence-corrected chi connectivity index (χ4v) is 2.29. The molecule has 1 atom stereocenters. The predicted molar refractivity (Wildman–Crippen MR) is 82.6 cm³/mol. The van der Waals surface area contributed by atoms with Gasteiger partial charge in [0.15, 0.2) is 0 Å². The summed E-state index contributed by atoms with van der Waals surface area (Å²) in [5.74, 6) is -0.0142. The minimum absolute atomic E-state index is 0.0303. The molecular weight excluding hydrogens is 265 g/mol. The summed E-state index contributed by atoms with van der Waals surface area (Å²) in [4.78, 5) is 11.9. The largest absolute Gasteiger partial charge is 0.356 e. The van der Waals surface area contributed by atoms with Gasteiger partial charge in [-0.2, -0.15) is 0 Å². The molecule has 110 valence electrons. The first kappa shape index (κ1) is 15.2. The molecule has 0 aliphatic carbocycles. The minimum atomic E-state index is -0.239. The van der Waals surface area contributed by atoms with Crippen LogP contribution in [0.15, 0.2) is 54.6 Å². The maximum atomic E-state index is 13.0. The smallest absolute Gasteiger partial charge is 0.220 e. The molecule has 2 aromatic rings. The minimum Gasteiger partial charge on any atom is -0.356 e. The van der Waals surface area contributed by atoms with Crippen molar-refractivity contribution in [1.29, 1.82) is 0 Å². The summed E-state index contributed by atoms with van der Waals surface area (Å²) in [6, 6.07) is 16.5. The van der Waals surface area contributed by atoms with E-state index in [1.807, 2.05) is 43.3 Å². The highest BCUT2D eigenvalue weighted by molar-refractivity contribution is 5.76. The summed E-state index contributed by atoms with van der Waals surface area (Å²) in [5.41, 5.74) is 2.06. The Morgan fingerprint density at radius 3 is 2.62 bits per heavy atom. The van der Waals surface area contributed by atoms with E-state index in [9.17, 15) is 9.18 Å². The quantitative estimate of drug-likeness (QED) is 0.862. The summed E-state index contributed by atoms with van der Waals surface area (Å²) in [5, 5.41) is 2.89. The maximum Gasteiger partial charge on any atom is 0.220 e. The van der Waals surface area contributed by atoms with Gasteiger partial charge in [0, 0.05) is 13.0 Å². The molecule has 2 rings (SSSR count). The third kappa shape index (κ3) is 5.03. The molecule has 0 aliphatic heterocycles. The fourth-order valence-electron chi connectivity index (χ4n) is 2.29. The Morgan fingerprint density at radius 2 is 1.90 bits per heavy atom. The predicted octanol–water partition coefficient (Wildman–Crippen LogP) is 3.68. The Kier molecular flexibility index (Phi) is 5.50. The second-order valence-corrected chi connectivity index (χ2v) is 5.25. The van der Waals surface area contributed by atoms with Gasteiger partial charge in [-0.3, -0.25) is 4.79 Å². The molecule has 0 saturated heterocycles. The Balaban J connectivity index is 1.75. The number of rotatable bonds is 6. The SMILES string of the molecule is C[C@H](CC(=O)NCCc1cccc(F)c1)c1ccccc1. The molecule has 1 N–H and O–H groups in total. The second-order valence-electron chi connectivity index (χ2n) is 5.25. The third-order valence-corrected chi connectivity index (χ3v) is 3.49. The van der Waals surface area contributed by atoms with E-state index in [-0.39, 0.29) is 17.6 Å². The van der Waals surface area contributed by atoms with E-state index in [4.69, 9.17) is 0 Å². The average Bonchev–Trinajstić information content (AvgIpc) is 2.48. The normalized spacial score (nSPS) is 11.9. The van der Waals surface area contributed by atoms with Crippen molar-refractivity contribution in [3.63, 3.8) is 0 Å². The van der Waals surface area contributed by atoms with E-state index in [0.29, 0.717) is 19.4 Å². The number of halogens is 1. The lowest BCUT2D eigenvalue weighted by molar-refractivity contribution is -0.121. The molecule has 0 heterocycles. The number of carbonyl (C=O) groups is 1. The Bertz CT molecular complexity index is 583. The van der Waals surface area contributed by atoms with Gasteiger partial charge in [0.05, 0.1) is 0 Å². The summed E-state index contributed by atoms with van der Waals surface area (Å²) >= 11 is 0. The van der Waals surface area contributed by atoms with Crippen molar-refractivity contribution in [3.8, 4) is 0 Å². The van der Waals surface area contributed by atoms with Gasteiger partial charge in [0.2, 0.25) is 5.91 Å². The van der Waals surface area contributed by atoms with Crippen LogP contribution in [0.1, 0.15) is 30.4 Å². The Morgan fingerprint density at radius 1 is 1.14 bits per heavy atom. The Labute approximate surface area is 125 Å². The van der Waals surface area contributed by atoms with Gasteiger partial charge in [-0.15, -0.1) is 0 Å². The topological polar surface area (TPSA) is 29.1 Å². The van der Waals surface area contributed by atoms with E-state index >= 15 is 0 Å². The van der Waals surface area contributed by atoms with Crippen LogP contribution in [-0.2, 0) is 11.2 Å². The molecule has 0 aliphatic rings. The number of nitrogens with one attached hydrogen (secondary N) is 1. The standard InChI is InChI=1S/C18H20FNO/c1-14(16-7-3-2-4-8-16)12-18(21)20-11-10-15-6-5-9-17(19)13-15/h2-9,13-14H,10-12H2,1H3,(H,20,21)/t14-/m1/s1. The zero-order valence-corrected chi connectivity index (χ0v) is 12.2. The fraction of sp³-hybridized carbons (Fsp3) is 0.278. The third-order valence-electron chi connectivity index (χ3n) is 3.49. The summed E-state index contributed by atoms with van der Waals surface area (Å²) in [7, 11) is 0. The van der Waals surface area contributed by atoms with Crippen LogP contribution in [0.5, 0.6) is 0 Å². The van der Waals surface area contributed by atoms with E-state index in [2.05, 4.69) is 5.32 Å². The molecule has 0 saturated carbocycles. The van der Waals surface area contributed by atoms with Crippen molar-refractivity contribution in [3.05, 3.63) is 71.5 Å². The van der Waals surface area contributed by atoms with E-state index in [1.54, 1.807) is 6.07 Å². The highest BCUT2D eigenvalue weighted by Gasteiger charge is 2.10. The molecule has 0 fully saturated rings. The number of amides is 1. The lowest BCUT2D eigenvalue weighted by Gasteiger charge is -2.12. The van der Waals surface area contributed by atoms with Gasteiger partial charge in [0.1, 0.15) is 5.82 Å². The van der Waals surface area contributed by atoms with Gasteiger partial charge in [-0.1, -0.05) is 49.4 Å². The first-order valence-corrected chi connectivity index (χ1v) is 7.21. The van der Waals surface area contributed by atoms with Crippen LogP contribution >= 0.6 is 0 Å². The zero-order chi connectivity index (χ0) is 15.1. The number of hydrogen-bond donors (Lipinski definition) is 1. The van der Waals surface area contributed by atoms with Crippen LogP contribution in [0, 0.1) is 5.82 Å². The van der Waals surface area contributed by atoms with Crippen LogP contribution in [0.3, 0.4) is 0 Å². The molecular formula is C18H20FNO. The van der Waals surface area contributed by atoms with Gasteiger partial charge in [-0.05, 0) is 35.6 Å². The summed E-state index contributed by atoms with van der Waals surface area (Å²) in [6.45, 7) is 2.57. The van der Waals surface area contributed by atoms with Crippen LogP contribution in [-0.4, -0.2) is 12.5 Å². The monoisotopic (exact) mass is 285 g/mol. The molecule has 0 bridgehead atoms. The molecule has 0 aromatic heterocycles. The lowest BCUT2D eigenvalue weighted by Crippen LogP contribution is -2.26. The number of hydrogen-bond acceptors (Lipinski definition) is 1. The molecule has 0 radical (unpaired) electrons. The Hall–Kier alpha value is -2.16. The first-order valence-electron chi connectivity index (χ1n) is 7.21. The average molecular weight is 285 g/mol.